The van der Waals surface area contributed by atoms with Crippen LogP contribution in [0.1, 0.15) is 20.7 Å². The number of nitro benzene ring substituents is 1. The molecule has 0 saturated carbocycles. The van der Waals surface area contributed by atoms with E-state index in [0.717, 1.165) is 17.0 Å². The molecule has 1 heterocycles. The van der Waals surface area contributed by atoms with Gasteiger partial charge in [0.25, 0.3) is 17.5 Å². The smallest absolute Gasteiger partial charge is 0.270 e. The number of nitrogens with zero attached hydrogens (tertiary/aromatic N) is 2. The molecule has 2 N–H and O–H groups in total. The molecule has 0 aliphatic heterocycles. The van der Waals surface area contributed by atoms with Gasteiger partial charge in [0.15, 0.2) is 0 Å². The van der Waals surface area contributed by atoms with Gasteiger partial charge in [-0.2, -0.15) is 0 Å². The number of hydrogen-bond acceptors (Lipinski definition) is 5. The molecule has 9 heteroatoms. The van der Waals surface area contributed by atoms with Crippen molar-refractivity contribution in [3.63, 3.8) is 0 Å². The van der Waals surface area contributed by atoms with E-state index in [9.17, 15) is 19.7 Å². The van der Waals surface area contributed by atoms with Crippen LogP contribution in [-0.2, 0) is 0 Å². The summed E-state index contributed by atoms with van der Waals surface area (Å²) >= 11 is 6.04. The maximum atomic E-state index is 12.9. The van der Waals surface area contributed by atoms with Crippen molar-refractivity contribution in [1.29, 1.82) is 0 Å². The summed E-state index contributed by atoms with van der Waals surface area (Å²) in [7, 11) is 0. The molecule has 4 aromatic rings. The molecule has 158 valence electrons. The highest BCUT2D eigenvalue weighted by molar-refractivity contribution is 6.34. The van der Waals surface area contributed by atoms with Crippen LogP contribution >= 0.6 is 11.6 Å². The second-order valence-electron chi connectivity index (χ2n) is 6.79. The Labute approximate surface area is 187 Å². The first-order chi connectivity index (χ1) is 15.4. The summed E-state index contributed by atoms with van der Waals surface area (Å²) in [5.41, 5.74) is 1.62. The topological polar surface area (TPSA) is 114 Å². The second-order valence-corrected chi connectivity index (χ2v) is 7.20. The lowest BCUT2D eigenvalue weighted by molar-refractivity contribution is -0.384. The Morgan fingerprint density at radius 2 is 1.59 bits per heavy atom. The summed E-state index contributed by atoms with van der Waals surface area (Å²) < 4.78 is 0. The van der Waals surface area contributed by atoms with Gasteiger partial charge < -0.3 is 10.6 Å². The van der Waals surface area contributed by atoms with Crippen molar-refractivity contribution in [2.24, 2.45) is 0 Å². The van der Waals surface area contributed by atoms with Crippen molar-refractivity contribution in [3.8, 4) is 0 Å². The first-order valence-electron chi connectivity index (χ1n) is 9.43. The lowest BCUT2D eigenvalue weighted by atomic mass is 10.1. The fraction of sp³-hybridized carbons (Fsp3) is 0. The largest absolute Gasteiger partial charge is 0.321 e. The third-order valence-corrected chi connectivity index (χ3v) is 4.99. The van der Waals surface area contributed by atoms with E-state index in [1.807, 2.05) is 24.3 Å². The number of carbonyl (C=O) groups excluding carboxylic acids is 2. The van der Waals surface area contributed by atoms with Crippen LogP contribution in [0.3, 0.4) is 0 Å². The van der Waals surface area contributed by atoms with Crippen LogP contribution in [-0.4, -0.2) is 21.7 Å². The minimum atomic E-state index is -0.602. The van der Waals surface area contributed by atoms with Crippen molar-refractivity contribution in [1.82, 2.24) is 4.98 Å². The quantitative estimate of drug-likeness (QED) is 0.319. The van der Waals surface area contributed by atoms with Gasteiger partial charge in [-0.05, 0) is 30.3 Å². The molecule has 2 amide bonds. The Kier molecular flexibility index (Phi) is 5.78. The van der Waals surface area contributed by atoms with Gasteiger partial charge in [0.2, 0.25) is 0 Å². The number of carbonyl (C=O) groups is 2. The fourth-order valence-corrected chi connectivity index (χ4v) is 3.38. The standard InChI is InChI=1S/C23H15ClN4O4/c24-19-12-16(28(31)32)9-10-17(19)22(29)27-21-8-4-2-6-18(21)23(30)26-15-11-14-5-1-3-7-20(14)25-13-15/h1-13H,(H,26,30)(H,27,29). The Bertz CT molecular complexity index is 1370. The van der Waals surface area contributed by atoms with Gasteiger partial charge in [-0.15, -0.1) is 0 Å². The first kappa shape index (κ1) is 21.0. The van der Waals surface area contributed by atoms with Crippen LogP contribution in [0.5, 0.6) is 0 Å². The summed E-state index contributed by atoms with van der Waals surface area (Å²) in [5.74, 6) is -1.04. The lowest BCUT2D eigenvalue weighted by Gasteiger charge is -2.12. The predicted octanol–water partition coefficient (Wildman–Crippen LogP) is 5.30. The molecule has 0 spiro atoms. The van der Waals surface area contributed by atoms with Gasteiger partial charge >= 0.3 is 0 Å². The number of hydrogen-bond donors (Lipinski definition) is 2. The SMILES string of the molecule is O=C(Nc1ccccc1C(=O)Nc1cnc2ccccc2c1)c1ccc([N+](=O)[O-])cc1Cl. The Balaban J connectivity index is 1.56. The number of benzene rings is 3. The summed E-state index contributed by atoms with van der Waals surface area (Å²) in [5, 5.41) is 17.1. The molecular weight excluding hydrogens is 432 g/mol. The Morgan fingerprint density at radius 3 is 2.38 bits per heavy atom. The maximum Gasteiger partial charge on any atom is 0.270 e. The minimum absolute atomic E-state index is 0.0474. The summed E-state index contributed by atoms with van der Waals surface area (Å²) in [6, 6.07) is 19.3. The number of amides is 2. The lowest BCUT2D eigenvalue weighted by Crippen LogP contribution is -2.18. The molecule has 4 rings (SSSR count). The molecule has 0 bridgehead atoms. The van der Waals surface area contributed by atoms with E-state index in [1.165, 1.54) is 12.1 Å². The first-order valence-corrected chi connectivity index (χ1v) is 9.80. The van der Waals surface area contributed by atoms with Crippen LogP contribution in [0.25, 0.3) is 10.9 Å². The summed E-state index contributed by atoms with van der Waals surface area (Å²) in [4.78, 5) is 40.2. The fourth-order valence-electron chi connectivity index (χ4n) is 3.12. The van der Waals surface area contributed by atoms with Crippen LogP contribution in [0.15, 0.2) is 79.0 Å². The van der Waals surface area contributed by atoms with Crippen molar-refractivity contribution in [2.75, 3.05) is 10.6 Å². The number of anilines is 2. The Hall–Kier alpha value is -4.30. The predicted molar refractivity (Wildman–Crippen MR) is 122 cm³/mol. The van der Waals surface area contributed by atoms with Gasteiger partial charge in [-0.1, -0.05) is 41.9 Å². The van der Waals surface area contributed by atoms with E-state index in [1.54, 1.807) is 36.5 Å². The average molecular weight is 447 g/mol. The molecule has 0 aliphatic rings. The third kappa shape index (κ3) is 4.40. The van der Waals surface area contributed by atoms with Crippen molar-refractivity contribution >= 4 is 51.4 Å². The molecule has 0 saturated heterocycles. The number of rotatable bonds is 5. The molecule has 0 fully saturated rings. The summed E-state index contributed by atoms with van der Waals surface area (Å²) in [6.07, 6.45) is 1.55. The number of fused-ring (bicyclic) bond motifs is 1. The molecule has 1 aromatic heterocycles. The molecule has 32 heavy (non-hydrogen) atoms. The van der Waals surface area contributed by atoms with Gasteiger partial charge in [0.1, 0.15) is 0 Å². The number of pyridine rings is 1. The number of nitro groups is 1. The number of para-hydroxylation sites is 2. The molecule has 3 aromatic carbocycles. The molecule has 0 unspecified atom stereocenters. The van der Waals surface area contributed by atoms with Crippen LogP contribution < -0.4 is 10.6 Å². The highest BCUT2D eigenvalue weighted by Crippen LogP contribution is 2.25. The second kappa shape index (κ2) is 8.83. The van der Waals surface area contributed by atoms with Crippen molar-refractivity contribution in [2.45, 2.75) is 0 Å². The zero-order valence-electron chi connectivity index (χ0n) is 16.4. The molecule has 8 nitrogen and oxygen atoms in total. The van der Waals surface area contributed by atoms with Crippen LogP contribution in [0.2, 0.25) is 5.02 Å². The monoisotopic (exact) mass is 446 g/mol. The van der Waals surface area contributed by atoms with Crippen molar-refractivity contribution in [3.05, 3.63) is 105 Å². The molecule has 0 radical (unpaired) electrons. The van der Waals surface area contributed by atoms with Gasteiger partial charge in [-0.25, -0.2) is 0 Å². The normalized spacial score (nSPS) is 10.5. The number of aromatic nitrogens is 1. The number of nitrogens with one attached hydrogen (secondary N) is 2. The molecule has 0 aliphatic carbocycles. The van der Waals surface area contributed by atoms with Crippen LogP contribution in [0.4, 0.5) is 17.1 Å². The number of halogens is 1. The minimum Gasteiger partial charge on any atom is -0.321 e. The highest BCUT2D eigenvalue weighted by Gasteiger charge is 2.18. The zero-order chi connectivity index (χ0) is 22.7. The maximum absolute atomic E-state index is 12.9. The van der Waals surface area contributed by atoms with E-state index >= 15 is 0 Å². The third-order valence-electron chi connectivity index (χ3n) is 4.68. The molecular formula is C23H15ClN4O4. The van der Waals surface area contributed by atoms with E-state index in [-0.39, 0.29) is 27.5 Å². The van der Waals surface area contributed by atoms with E-state index < -0.39 is 16.7 Å². The zero-order valence-corrected chi connectivity index (χ0v) is 17.2. The number of non-ortho nitro benzene ring substituents is 1. The molecule has 0 atom stereocenters. The van der Waals surface area contributed by atoms with E-state index in [2.05, 4.69) is 15.6 Å². The van der Waals surface area contributed by atoms with Crippen LogP contribution in [0, 0.1) is 10.1 Å². The van der Waals surface area contributed by atoms with Gasteiger partial charge in [-0.3, -0.25) is 24.7 Å². The Morgan fingerprint density at radius 1 is 0.875 bits per heavy atom. The van der Waals surface area contributed by atoms with E-state index in [4.69, 9.17) is 11.6 Å². The van der Waals surface area contributed by atoms with Crippen molar-refractivity contribution < 1.29 is 14.5 Å². The van der Waals surface area contributed by atoms with E-state index in [0.29, 0.717) is 5.69 Å². The highest BCUT2D eigenvalue weighted by atomic mass is 35.5. The summed E-state index contributed by atoms with van der Waals surface area (Å²) in [6.45, 7) is 0. The van der Waals surface area contributed by atoms with Gasteiger partial charge in [0.05, 0.1) is 44.2 Å². The average Bonchev–Trinajstić information content (AvgIpc) is 2.79. The van der Waals surface area contributed by atoms with Gasteiger partial charge in [0, 0.05) is 17.5 Å².